The number of nitrogens with zero attached hydrogens (tertiary/aromatic N) is 6. The number of nitrogens with two attached hydrogens (primary N) is 2. The van der Waals surface area contributed by atoms with E-state index in [1.54, 1.807) is 76.2 Å². The third-order valence-corrected chi connectivity index (χ3v) is 11.0. The van der Waals surface area contributed by atoms with Crippen LogP contribution in [0, 0.1) is 10.8 Å². The van der Waals surface area contributed by atoms with Crippen LogP contribution >= 0.6 is 0 Å². The minimum absolute atomic E-state index is 0.0546. The normalized spacial score (nSPS) is 10.8. The Labute approximate surface area is 411 Å². The van der Waals surface area contributed by atoms with Crippen molar-refractivity contribution in [2.24, 2.45) is 53.8 Å². The molecule has 6 aromatic rings. The highest BCUT2D eigenvalue weighted by atomic mass is 16.2. The molecule has 0 fully saturated rings. The molecule has 0 aromatic carbocycles. The minimum Gasteiger partial charge on any atom is -0.388 e. The van der Waals surface area contributed by atoms with Crippen molar-refractivity contribution < 1.29 is 38.4 Å². The third-order valence-electron chi connectivity index (χ3n) is 11.0. The molecule has 14 N–H and O–H groups in total. The lowest BCUT2D eigenvalue weighted by molar-refractivity contribution is -0.121. The third kappa shape index (κ3) is 13.1. The Morgan fingerprint density at radius 3 is 0.792 bits per heavy atom. The van der Waals surface area contributed by atoms with Gasteiger partial charge in [0.1, 0.15) is 34.2 Å². The summed E-state index contributed by atoms with van der Waals surface area (Å²) in [5.41, 5.74) is 14.0. The van der Waals surface area contributed by atoms with Gasteiger partial charge >= 0.3 is 0 Å². The zero-order chi connectivity index (χ0) is 52.6. The highest BCUT2D eigenvalue weighted by molar-refractivity contribution is 6.09. The molecule has 6 rings (SSSR count). The van der Waals surface area contributed by atoms with Gasteiger partial charge in [-0.25, -0.2) is 0 Å². The molecule has 0 saturated carbocycles. The number of amides is 8. The van der Waals surface area contributed by atoms with E-state index in [9.17, 15) is 38.4 Å². The largest absolute Gasteiger partial charge is 0.388 e. The van der Waals surface area contributed by atoms with Gasteiger partial charge in [0, 0.05) is 118 Å². The molecule has 0 spiro atoms. The van der Waals surface area contributed by atoms with Crippen LogP contribution < -0.4 is 54.0 Å². The second-order valence-corrected chi connectivity index (χ2v) is 16.8. The van der Waals surface area contributed by atoms with E-state index in [2.05, 4.69) is 42.5 Å². The molecule has 0 bridgehead atoms. The first-order chi connectivity index (χ1) is 34.0. The summed E-state index contributed by atoms with van der Waals surface area (Å²) >= 11 is 0. The van der Waals surface area contributed by atoms with Gasteiger partial charge in [-0.05, 0) is 36.4 Å². The van der Waals surface area contributed by atoms with E-state index in [0.717, 1.165) is 0 Å². The fourth-order valence-corrected chi connectivity index (χ4v) is 7.41. The lowest BCUT2D eigenvalue weighted by atomic mass is 10.2. The molecule has 72 heavy (non-hydrogen) atoms. The van der Waals surface area contributed by atoms with E-state index in [1.807, 2.05) is 0 Å². The van der Waals surface area contributed by atoms with Gasteiger partial charge in [-0.3, -0.25) is 49.2 Å². The van der Waals surface area contributed by atoms with Gasteiger partial charge in [-0.15, -0.1) is 0 Å². The number of nitrogens with one attached hydrogen (secondary N) is 10. The second kappa shape index (κ2) is 22.2. The first-order valence-electron chi connectivity index (χ1n) is 22.1. The van der Waals surface area contributed by atoms with Crippen molar-refractivity contribution in [1.29, 1.82) is 10.8 Å². The monoisotopic (exact) mass is 988 g/mol. The fourth-order valence-electron chi connectivity index (χ4n) is 7.41. The molecule has 0 aliphatic carbocycles. The van der Waals surface area contributed by atoms with Crippen molar-refractivity contribution in [3.8, 4) is 0 Å². The molecule has 8 amide bonds. The lowest BCUT2D eigenvalue weighted by Crippen LogP contribution is -2.28. The molecule has 0 unspecified atom stereocenters. The number of aromatic nitrogens is 6. The van der Waals surface area contributed by atoms with Crippen LogP contribution in [0.5, 0.6) is 0 Å². The quantitative estimate of drug-likeness (QED) is 0.0368. The van der Waals surface area contributed by atoms with Gasteiger partial charge in [-0.1, -0.05) is 0 Å². The predicted octanol–water partition coefficient (Wildman–Crippen LogP) is 2.20. The summed E-state index contributed by atoms with van der Waals surface area (Å²) in [6.07, 6.45) is 9.29. The molecule has 6 aromatic heterocycles. The molecular formula is C46H56N18O8. The molecule has 26 nitrogen and oxygen atoms in total. The summed E-state index contributed by atoms with van der Waals surface area (Å²) in [6, 6.07) is 8.89. The number of rotatable bonds is 21. The van der Waals surface area contributed by atoms with E-state index < -0.39 is 47.3 Å². The summed E-state index contributed by atoms with van der Waals surface area (Å²) in [4.78, 5) is 104. The van der Waals surface area contributed by atoms with Gasteiger partial charge in [0.15, 0.2) is 0 Å². The molecule has 0 atom stereocenters. The van der Waals surface area contributed by atoms with Crippen molar-refractivity contribution in [3.63, 3.8) is 0 Å². The van der Waals surface area contributed by atoms with Crippen molar-refractivity contribution in [2.75, 3.05) is 45.0 Å². The maximum atomic E-state index is 13.3. The Morgan fingerprint density at radius 2 is 0.569 bits per heavy atom. The molecule has 6 heterocycles. The van der Waals surface area contributed by atoms with Gasteiger partial charge < -0.3 is 81.4 Å². The standard InChI is InChI=1S/C46H56N18O8/c1-59-21-27(15-31(59)41(67)51-11-9-37(47)48)55-45(71)35-17-29(23-63(35)5)57-43(69)33-13-25(19-61(33)3)53-39(65)7-8-40(66)54-26-14-34(62(4)20-26)44(70)58-30-18-36(64(6)24-30)46(72)56-28-16-32(60(2)22-28)42(68)52-12-10-38(49)50/h13-24H,7-12H2,1-6H3,(H3,47,48)(H3,49,50)(H,51,67)(H,52,68)(H,53,65)(H,54,66)(H,55,71)(H,56,72)(H,57,69)(H,58,70). The van der Waals surface area contributed by atoms with E-state index >= 15 is 0 Å². The summed E-state index contributed by atoms with van der Waals surface area (Å²) in [6.45, 7) is 0.374. The van der Waals surface area contributed by atoms with Gasteiger partial charge in [0.25, 0.3) is 35.4 Å². The number of hydrogen-bond donors (Lipinski definition) is 12. The summed E-state index contributed by atoms with van der Waals surface area (Å²) in [5.74, 6) is -3.96. The average molecular weight is 989 g/mol. The number of anilines is 6. The number of carbonyl (C=O) groups is 8. The van der Waals surface area contributed by atoms with Crippen LogP contribution in [0.3, 0.4) is 0 Å². The maximum absolute atomic E-state index is 13.3. The average Bonchev–Trinajstić information content (AvgIpc) is 4.16. The maximum Gasteiger partial charge on any atom is 0.272 e. The van der Waals surface area contributed by atoms with Crippen molar-refractivity contribution in [2.45, 2.75) is 25.7 Å². The summed E-state index contributed by atoms with van der Waals surface area (Å²) in [7, 11) is 9.76. The van der Waals surface area contributed by atoms with Gasteiger partial charge in [-0.2, -0.15) is 0 Å². The van der Waals surface area contributed by atoms with Crippen LogP contribution in [0.4, 0.5) is 34.1 Å². The highest BCUT2D eigenvalue weighted by Gasteiger charge is 2.22. The Hall–Kier alpha value is -9.62. The Balaban J connectivity index is 0.953. The zero-order valence-corrected chi connectivity index (χ0v) is 40.3. The minimum atomic E-state index is -0.530. The van der Waals surface area contributed by atoms with Crippen molar-refractivity contribution in [3.05, 3.63) is 108 Å². The highest BCUT2D eigenvalue weighted by Crippen LogP contribution is 2.22. The number of carbonyl (C=O) groups excluding carboxylic acids is 8. The van der Waals surface area contributed by atoms with Crippen LogP contribution in [-0.4, -0.2) is 99.4 Å². The second-order valence-electron chi connectivity index (χ2n) is 16.8. The number of aryl methyl sites for hydroxylation is 6. The molecule has 378 valence electrons. The molecule has 0 aliphatic rings. The van der Waals surface area contributed by atoms with Crippen LogP contribution in [0.25, 0.3) is 0 Å². The van der Waals surface area contributed by atoms with E-state index in [-0.39, 0.29) is 84.6 Å². The number of amidine groups is 2. The zero-order valence-electron chi connectivity index (χ0n) is 40.3. The predicted molar refractivity (Wildman–Crippen MR) is 269 cm³/mol. The topological polar surface area (TPSA) is 362 Å². The first-order valence-corrected chi connectivity index (χ1v) is 22.1. The van der Waals surface area contributed by atoms with E-state index in [1.165, 1.54) is 67.1 Å². The first kappa shape index (κ1) is 51.8. The molecule has 0 saturated heterocycles. The van der Waals surface area contributed by atoms with Gasteiger partial charge in [0.05, 0.1) is 45.8 Å². The molecular weight excluding hydrogens is 933 g/mol. The fraction of sp³-hybridized carbons (Fsp3) is 0.261. The van der Waals surface area contributed by atoms with Crippen LogP contribution in [-0.2, 0) is 51.9 Å². The SMILES string of the molecule is Cn1cc(NC(=O)c2cc(NC(=O)c3cc(NC(=O)CCC(=O)Nc4cc(C(=O)Nc5cc(C(=O)Nc6cc(C(=O)NCCC(=N)N)n(C)c6)n(C)c5)n(C)c4)cn3C)cn2C)cc1C(=O)NCCC(=N)N. The van der Waals surface area contributed by atoms with Gasteiger partial charge in [0.2, 0.25) is 11.8 Å². The smallest absolute Gasteiger partial charge is 0.272 e. The Morgan fingerprint density at radius 1 is 0.361 bits per heavy atom. The Bertz CT molecular complexity index is 2930. The lowest BCUT2D eigenvalue weighted by Gasteiger charge is -2.04. The summed E-state index contributed by atoms with van der Waals surface area (Å²) in [5, 5.41) is 36.3. The van der Waals surface area contributed by atoms with E-state index in [4.69, 9.17) is 22.3 Å². The van der Waals surface area contributed by atoms with Crippen LogP contribution in [0.1, 0.15) is 88.6 Å². The van der Waals surface area contributed by atoms with Crippen molar-refractivity contribution >= 4 is 93.1 Å². The van der Waals surface area contributed by atoms with E-state index in [0.29, 0.717) is 34.1 Å². The van der Waals surface area contributed by atoms with Crippen molar-refractivity contribution in [1.82, 2.24) is 38.0 Å². The Kier molecular flexibility index (Phi) is 16.0. The molecule has 0 radical (unpaired) electrons. The summed E-state index contributed by atoms with van der Waals surface area (Å²) < 4.78 is 9.13. The molecule has 0 aliphatic heterocycles. The van der Waals surface area contributed by atoms with Crippen LogP contribution in [0.2, 0.25) is 0 Å². The number of hydrogen-bond acceptors (Lipinski definition) is 10. The molecule has 26 heteroatoms. The van der Waals surface area contributed by atoms with Crippen LogP contribution in [0.15, 0.2) is 73.6 Å².